The van der Waals surface area contributed by atoms with Crippen LogP contribution in [0, 0.1) is 5.41 Å². The van der Waals surface area contributed by atoms with Crippen molar-refractivity contribution in [1.82, 2.24) is 5.32 Å². The molecule has 0 aliphatic rings. The quantitative estimate of drug-likeness (QED) is 0.628. The van der Waals surface area contributed by atoms with Gasteiger partial charge < -0.3 is 15.5 Å². The molecule has 0 aromatic heterocycles. The number of carboxylic acids is 1. The fourth-order valence-electron chi connectivity index (χ4n) is 1.67. The van der Waals surface area contributed by atoms with E-state index in [9.17, 15) is 9.59 Å². The summed E-state index contributed by atoms with van der Waals surface area (Å²) in [5.74, 6) is -1.09. The molecule has 0 heterocycles. The van der Waals surface area contributed by atoms with E-state index in [-0.39, 0.29) is 25.4 Å². The summed E-state index contributed by atoms with van der Waals surface area (Å²) < 4.78 is 0. The second kappa shape index (κ2) is 6.00. The van der Waals surface area contributed by atoms with Gasteiger partial charge in [-0.3, -0.25) is 9.59 Å². The predicted molar refractivity (Wildman–Crippen MR) is 64.6 cm³/mol. The number of aliphatic carboxylic acids is 1. The minimum atomic E-state index is -0.905. The van der Waals surface area contributed by atoms with E-state index in [0.717, 1.165) is 0 Å². The first-order valence-electron chi connectivity index (χ1n) is 5.72. The van der Waals surface area contributed by atoms with E-state index in [1.165, 1.54) is 0 Å². The van der Waals surface area contributed by atoms with Gasteiger partial charge in [0.15, 0.2) is 0 Å². The van der Waals surface area contributed by atoms with Crippen molar-refractivity contribution < 1.29 is 19.8 Å². The van der Waals surface area contributed by atoms with Crippen LogP contribution in [0.25, 0.3) is 0 Å². The Hall–Kier alpha value is -1.10. The van der Waals surface area contributed by atoms with Crippen LogP contribution in [-0.2, 0) is 9.59 Å². The molecular formula is C12H23NO4. The highest BCUT2D eigenvalue weighted by atomic mass is 16.4. The fourth-order valence-corrected chi connectivity index (χ4v) is 1.67. The van der Waals surface area contributed by atoms with Gasteiger partial charge in [0.2, 0.25) is 5.91 Å². The second-order valence-corrected chi connectivity index (χ2v) is 5.82. The Labute approximate surface area is 102 Å². The standard InChI is InChI=1S/C12H23NO4/c1-11(2,8-10(16)17)7-9(15)13-12(3,4)5-6-14/h14H,5-8H2,1-4H3,(H,13,15)(H,16,17). The third-order valence-electron chi connectivity index (χ3n) is 2.48. The number of carbonyl (C=O) groups excluding carboxylic acids is 1. The van der Waals surface area contributed by atoms with Gasteiger partial charge >= 0.3 is 5.97 Å². The van der Waals surface area contributed by atoms with E-state index in [0.29, 0.717) is 6.42 Å². The average Bonchev–Trinajstić information content (AvgIpc) is 1.96. The minimum absolute atomic E-state index is 0.00575. The molecule has 0 aromatic carbocycles. The van der Waals surface area contributed by atoms with Crippen LogP contribution in [0.3, 0.4) is 0 Å². The summed E-state index contributed by atoms with van der Waals surface area (Å²) in [5, 5.41) is 20.3. The largest absolute Gasteiger partial charge is 0.481 e. The molecule has 0 aliphatic carbocycles. The molecule has 100 valence electrons. The average molecular weight is 245 g/mol. The van der Waals surface area contributed by atoms with Crippen molar-refractivity contribution in [2.24, 2.45) is 5.41 Å². The van der Waals surface area contributed by atoms with Crippen LogP contribution >= 0.6 is 0 Å². The number of carbonyl (C=O) groups is 2. The van der Waals surface area contributed by atoms with E-state index in [4.69, 9.17) is 10.2 Å². The van der Waals surface area contributed by atoms with Crippen molar-refractivity contribution in [2.75, 3.05) is 6.61 Å². The summed E-state index contributed by atoms with van der Waals surface area (Å²) in [7, 11) is 0. The molecule has 17 heavy (non-hydrogen) atoms. The van der Waals surface area contributed by atoms with Gasteiger partial charge in [-0.15, -0.1) is 0 Å². The van der Waals surface area contributed by atoms with Gasteiger partial charge in [0.25, 0.3) is 0 Å². The van der Waals surface area contributed by atoms with Crippen molar-refractivity contribution in [3.8, 4) is 0 Å². The highest BCUT2D eigenvalue weighted by Gasteiger charge is 2.27. The number of nitrogens with one attached hydrogen (secondary N) is 1. The van der Waals surface area contributed by atoms with E-state index in [1.54, 1.807) is 13.8 Å². The number of hydrogen-bond acceptors (Lipinski definition) is 3. The second-order valence-electron chi connectivity index (χ2n) is 5.82. The lowest BCUT2D eigenvalue weighted by Gasteiger charge is -2.28. The zero-order valence-corrected chi connectivity index (χ0v) is 11.0. The lowest BCUT2D eigenvalue weighted by atomic mass is 9.85. The maximum Gasteiger partial charge on any atom is 0.303 e. The minimum Gasteiger partial charge on any atom is -0.481 e. The third kappa shape index (κ3) is 7.74. The van der Waals surface area contributed by atoms with Crippen LogP contribution in [0.1, 0.15) is 47.0 Å². The smallest absolute Gasteiger partial charge is 0.303 e. The normalized spacial score (nSPS) is 12.3. The number of carboxylic acid groups (broad SMARTS) is 1. The topological polar surface area (TPSA) is 86.6 Å². The molecule has 0 rings (SSSR count). The highest BCUT2D eigenvalue weighted by molar-refractivity contribution is 5.78. The van der Waals surface area contributed by atoms with Crippen molar-refractivity contribution in [3.05, 3.63) is 0 Å². The van der Waals surface area contributed by atoms with Crippen molar-refractivity contribution in [2.45, 2.75) is 52.5 Å². The van der Waals surface area contributed by atoms with Gasteiger partial charge in [-0.05, 0) is 25.7 Å². The Balaban J connectivity index is 4.31. The van der Waals surface area contributed by atoms with Crippen LogP contribution in [0.2, 0.25) is 0 Å². The van der Waals surface area contributed by atoms with Gasteiger partial charge in [0, 0.05) is 18.6 Å². The summed E-state index contributed by atoms with van der Waals surface area (Å²) >= 11 is 0. The van der Waals surface area contributed by atoms with Gasteiger partial charge in [0.05, 0.1) is 6.42 Å². The molecular weight excluding hydrogens is 222 g/mol. The molecule has 0 unspecified atom stereocenters. The highest BCUT2D eigenvalue weighted by Crippen LogP contribution is 2.25. The molecule has 3 N–H and O–H groups in total. The first kappa shape index (κ1) is 15.9. The maximum atomic E-state index is 11.7. The van der Waals surface area contributed by atoms with E-state index < -0.39 is 16.9 Å². The Morgan fingerprint density at radius 3 is 2.06 bits per heavy atom. The van der Waals surface area contributed by atoms with Crippen LogP contribution < -0.4 is 5.32 Å². The maximum absolute atomic E-state index is 11.7. The van der Waals surface area contributed by atoms with E-state index >= 15 is 0 Å². The van der Waals surface area contributed by atoms with Gasteiger partial charge in [-0.1, -0.05) is 13.8 Å². The SMILES string of the molecule is CC(C)(CC(=O)O)CC(=O)NC(C)(C)CCO. The third-order valence-corrected chi connectivity index (χ3v) is 2.48. The van der Waals surface area contributed by atoms with Gasteiger partial charge in [-0.25, -0.2) is 0 Å². The fraction of sp³-hybridized carbons (Fsp3) is 0.833. The van der Waals surface area contributed by atoms with Crippen LogP contribution in [0.5, 0.6) is 0 Å². The Morgan fingerprint density at radius 1 is 1.12 bits per heavy atom. The number of aliphatic hydroxyl groups excluding tert-OH is 1. The summed E-state index contributed by atoms with van der Waals surface area (Å²) in [5.41, 5.74) is -1.03. The summed E-state index contributed by atoms with van der Waals surface area (Å²) in [6.45, 7) is 7.15. The van der Waals surface area contributed by atoms with E-state index in [1.807, 2.05) is 13.8 Å². The zero-order valence-electron chi connectivity index (χ0n) is 11.0. The van der Waals surface area contributed by atoms with Crippen LogP contribution in [-0.4, -0.2) is 34.2 Å². The molecule has 0 fully saturated rings. The Morgan fingerprint density at radius 2 is 1.65 bits per heavy atom. The predicted octanol–water partition coefficient (Wildman–Crippen LogP) is 1.15. The first-order valence-corrected chi connectivity index (χ1v) is 5.72. The molecule has 0 spiro atoms. The Bertz CT molecular complexity index is 284. The van der Waals surface area contributed by atoms with Gasteiger partial charge in [-0.2, -0.15) is 0 Å². The van der Waals surface area contributed by atoms with Crippen molar-refractivity contribution >= 4 is 11.9 Å². The number of amides is 1. The summed E-state index contributed by atoms with van der Waals surface area (Å²) in [6.07, 6.45) is 0.590. The molecule has 1 amide bonds. The molecule has 5 heteroatoms. The lowest BCUT2D eigenvalue weighted by Crippen LogP contribution is -2.45. The van der Waals surface area contributed by atoms with E-state index in [2.05, 4.69) is 5.32 Å². The molecule has 0 aromatic rings. The Kier molecular flexibility index (Phi) is 5.61. The molecule has 0 bridgehead atoms. The number of rotatable bonds is 7. The first-order chi connectivity index (χ1) is 7.58. The zero-order chi connectivity index (χ0) is 13.7. The number of aliphatic hydroxyl groups is 1. The summed E-state index contributed by atoms with van der Waals surface area (Å²) in [4.78, 5) is 22.4. The molecule has 0 atom stereocenters. The molecule has 5 nitrogen and oxygen atoms in total. The molecule has 0 saturated carbocycles. The molecule has 0 saturated heterocycles. The van der Waals surface area contributed by atoms with Crippen LogP contribution in [0.15, 0.2) is 0 Å². The molecule has 0 aliphatic heterocycles. The van der Waals surface area contributed by atoms with Crippen molar-refractivity contribution in [1.29, 1.82) is 0 Å². The van der Waals surface area contributed by atoms with Gasteiger partial charge in [0.1, 0.15) is 0 Å². The van der Waals surface area contributed by atoms with Crippen molar-refractivity contribution in [3.63, 3.8) is 0 Å². The lowest BCUT2D eigenvalue weighted by molar-refractivity contribution is -0.139. The number of hydrogen-bond donors (Lipinski definition) is 3. The van der Waals surface area contributed by atoms with Crippen LogP contribution in [0.4, 0.5) is 0 Å². The monoisotopic (exact) mass is 245 g/mol. The molecule has 0 radical (unpaired) electrons. The summed E-state index contributed by atoms with van der Waals surface area (Å²) in [6, 6.07) is 0.